The van der Waals surface area contributed by atoms with Crippen LogP contribution in [0, 0.1) is 19.3 Å². The number of hydrogen-bond donors (Lipinski definition) is 0. The van der Waals surface area contributed by atoms with E-state index in [1.165, 1.54) is 11.8 Å². The van der Waals surface area contributed by atoms with E-state index in [0.29, 0.717) is 17.5 Å². The molecule has 3 heterocycles. The zero-order chi connectivity index (χ0) is 24.8. The van der Waals surface area contributed by atoms with Crippen LogP contribution in [0.4, 0.5) is 0 Å². The highest BCUT2D eigenvalue weighted by Crippen LogP contribution is 2.40. The van der Waals surface area contributed by atoms with Crippen molar-refractivity contribution < 1.29 is 14.3 Å². The minimum absolute atomic E-state index is 0.0296. The minimum atomic E-state index is 0.0296. The van der Waals surface area contributed by atoms with Gasteiger partial charge in [0.15, 0.2) is 5.16 Å². The maximum absolute atomic E-state index is 12.8. The molecular formula is C27H34N4O3S. The van der Waals surface area contributed by atoms with E-state index in [4.69, 9.17) is 4.74 Å². The number of carbonyl (C=O) groups is 2. The number of hydrogen-bond acceptors (Lipinski definition) is 6. The van der Waals surface area contributed by atoms with Gasteiger partial charge in [-0.15, -0.1) is 0 Å². The average molecular weight is 495 g/mol. The van der Waals surface area contributed by atoms with E-state index in [-0.39, 0.29) is 17.2 Å². The van der Waals surface area contributed by atoms with Gasteiger partial charge in [-0.2, -0.15) is 0 Å². The molecule has 1 aromatic heterocycles. The standard InChI is InChI=1S/C27H34N4O3S/c1-4-34-23-8-6-5-7-22(23)9-10-24(32)30-14-11-27(12-15-30)13-16-31(19-27)25(33)18-35-26-28-20(2)17-21(3)29-26/h5-10,17H,4,11-16,18-19H2,1-3H3. The number of nitrogens with zero attached hydrogens (tertiary/aromatic N) is 4. The Morgan fingerprint density at radius 2 is 1.71 bits per heavy atom. The molecule has 0 bridgehead atoms. The van der Waals surface area contributed by atoms with E-state index in [1.54, 1.807) is 6.08 Å². The number of aromatic nitrogens is 2. The van der Waals surface area contributed by atoms with E-state index >= 15 is 0 Å². The Balaban J connectivity index is 1.26. The maximum atomic E-state index is 12.8. The van der Waals surface area contributed by atoms with Gasteiger partial charge in [0.05, 0.1) is 12.4 Å². The minimum Gasteiger partial charge on any atom is -0.493 e. The predicted molar refractivity (Wildman–Crippen MR) is 138 cm³/mol. The lowest BCUT2D eigenvalue weighted by Crippen LogP contribution is -2.44. The first-order valence-electron chi connectivity index (χ1n) is 12.3. The molecular weight excluding hydrogens is 460 g/mol. The lowest BCUT2D eigenvalue weighted by atomic mass is 9.78. The number of rotatable bonds is 7. The molecule has 2 saturated heterocycles. The molecule has 35 heavy (non-hydrogen) atoms. The third-order valence-corrected chi connectivity index (χ3v) is 7.67. The van der Waals surface area contributed by atoms with Crippen molar-refractivity contribution in [2.75, 3.05) is 38.5 Å². The largest absolute Gasteiger partial charge is 0.493 e. The molecule has 2 aromatic rings. The smallest absolute Gasteiger partial charge is 0.246 e. The average Bonchev–Trinajstić information content (AvgIpc) is 3.25. The number of thioether (sulfide) groups is 1. The molecule has 0 unspecified atom stereocenters. The van der Waals surface area contributed by atoms with Crippen molar-refractivity contribution in [3.63, 3.8) is 0 Å². The highest BCUT2D eigenvalue weighted by Gasteiger charge is 2.42. The number of amides is 2. The molecule has 2 amide bonds. The number of benzene rings is 1. The van der Waals surface area contributed by atoms with Crippen LogP contribution in [0.5, 0.6) is 5.75 Å². The Labute approximate surface area is 212 Å². The molecule has 7 nitrogen and oxygen atoms in total. The number of piperidine rings is 1. The Morgan fingerprint density at radius 3 is 2.40 bits per heavy atom. The van der Waals surface area contributed by atoms with Crippen molar-refractivity contribution in [1.29, 1.82) is 0 Å². The number of ether oxygens (including phenoxy) is 1. The third kappa shape index (κ3) is 6.42. The molecule has 0 N–H and O–H groups in total. The molecule has 0 saturated carbocycles. The Kier molecular flexibility index (Phi) is 8.11. The quantitative estimate of drug-likeness (QED) is 0.327. The van der Waals surface area contributed by atoms with Crippen LogP contribution in [-0.4, -0.2) is 70.1 Å². The normalized spacial score (nSPS) is 17.3. The van der Waals surface area contributed by atoms with Crippen molar-refractivity contribution in [3.8, 4) is 5.75 Å². The van der Waals surface area contributed by atoms with Gasteiger partial charge in [-0.25, -0.2) is 9.97 Å². The summed E-state index contributed by atoms with van der Waals surface area (Å²) in [6, 6.07) is 9.67. The summed E-state index contributed by atoms with van der Waals surface area (Å²) in [5.41, 5.74) is 2.87. The fraction of sp³-hybridized carbons (Fsp3) is 0.481. The Hall–Kier alpha value is -2.87. The van der Waals surface area contributed by atoms with Gasteiger partial charge in [-0.3, -0.25) is 9.59 Å². The van der Waals surface area contributed by atoms with E-state index in [0.717, 1.165) is 68.1 Å². The molecule has 1 aromatic carbocycles. The lowest BCUT2D eigenvalue weighted by Gasteiger charge is -2.39. The summed E-state index contributed by atoms with van der Waals surface area (Å²) in [6.45, 7) is 9.44. The predicted octanol–water partition coefficient (Wildman–Crippen LogP) is 4.14. The number of likely N-dealkylation sites (tertiary alicyclic amines) is 2. The maximum Gasteiger partial charge on any atom is 0.246 e. The summed E-state index contributed by atoms with van der Waals surface area (Å²) >= 11 is 1.41. The van der Waals surface area contributed by atoms with Crippen LogP contribution in [0.25, 0.3) is 6.08 Å². The second-order valence-corrected chi connectivity index (χ2v) is 10.4. The molecule has 2 fully saturated rings. The van der Waals surface area contributed by atoms with Crippen LogP contribution < -0.4 is 4.74 Å². The molecule has 0 aliphatic carbocycles. The van der Waals surface area contributed by atoms with Crippen molar-refractivity contribution >= 4 is 29.7 Å². The van der Waals surface area contributed by atoms with Crippen LogP contribution in [0.1, 0.15) is 43.1 Å². The van der Waals surface area contributed by atoms with Crippen LogP contribution in [-0.2, 0) is 9.59 Å². The van der Waals surface area contributed by atoms with Crippen LogP contribution in [0.15, 0.2) is 41.6 Å². The molecule has 0 atom stereocenters. The van der Waals surface area contributed by atoms with Gasteiger partial charge in [0.25, 0.3) is 0 Å². The van der Waals surface area contributed by atoms with Gasteiger partial charge in [-0.1, -0.05) is 30.0 Å². The van der Waals surface area contributed by atoms with Gasteiger partial charge in [0.1, 0.15) is 5.75 Å². The Morgan fingerprint density at radius 1 is 1.06 bits per heavy atom. The second kappa shape index (κ2) is 11.2. The first-order chi connectivity index (χ1) is 16.9. The van der Waals surface area contributed by atoms with E-state index in [2.05, 4.69) is 9.97 Å². The SMILES string of the molecule is CCOc1ccccc1C=CC(=O)N1CCC2(CC1)CCN(C(=O)CSc1nc(C)cc(C)n1)C2. The van der Waals surface area contributed by atoms with Crippen molar-refractivity contribution in [2.24, 2.45) is 5.41 Å². The second-order valence-electron chi connectivity index (χ2n) is 9.42. The van der Waals surface area contributed by atoms with E-state index < -0.39 is 0 Å². The zero-order valence-corrected chi connectivity index (χ0v) is 21.6. The summed E-state index contributed by atoms with van der Waals surface area (Å²) in [6.07, 6.45) is 6.35. The van der Waals surface area contributed by atoms with Gasteiger partial charge in [0, 0.05) is 49.2 Å². The van der Waals surface area contributed by atoms with Gasteiger partial charge in [-0.05, 0) is 63.7 Å². The molecule has 2 aliphatic rings. The molecule has 0 radical (unpaired) electrons. The topological polar surface area (TPSA) is 75.6 Å². The summed E-state index contributed by atoms with van der Waals surface area (Å²) < 4.78 is 5.64. The lowest BCUT2D eigenvalue weighted by molar-refractivity contribution is -0.130. The van der Waals surface area contributed by atoms with E-state index in [1.807, 2.05) is 67.0 Å². The first-order valence-corrected chi connectivity index (χ1v) is 13.3. The molecule has 186 valence electrons. The van der Waals surface area contributed by atoms with Gasteiger partial charge >= 0.3 is 0 Å². The summed E-state index contributed by atoms with van der Waals surface area (Å²) in [4.78, 5) is 38.4. The van der Waals surface area contributed by atoms with Crippen LogP contribution in [0.3, 0.4) is 0 Å². The van der Waals surface area contributed by atoms with E-state index in [9.17, 15) is 9.59 Å². The van der Waals surface area contributed by atoms with Crippen LogP contribution >= 0.6 is 11.8 Å². The van der Waals surface area contributed by atoms with Crippen molar-refractivity contribution in [2.45, 2.75) is 45.2 Å². The van der Waals surface area contributed by atoms with Gasteiger partial charge in [0.2, 0.25) is 11.8 Å². The third-order valence-electron chi connectivity index (χ3n) is 6.84. The molecule has 1 spiro atoms. The molecule has 8 heteroatoms. The monoisotopic (exact) mass is 494 g/mol. The number of carbonyl (C=O) groups excluding carboxylic acids is 2. The Bertz CT molecular complexity index is 1080. The highest BCUT2D eigenvalue weighted by atomic mass is 32.2. The summed E-state index contributed by atoms with van der Waals surface area (Å²) in [5.74, 6) is 1.32. The fourth-order valence-corrected chi connectivity index (χ4v) is 5.76. The number of aryl methyl sites for hydroxylation is 2. The van der Waals surface area contributed by atoms with Crippen molar-refractivity contribution in [3.05, 3.63) is 53.4 Å². The van der Waals surface area contributed by atoms with Crippen molar-refractivity contribution in [1.82, 2.24) is 19.8 Å². The van der Waals surface area contributed by atoms with Gasteiger partial charge < -0.3 is 14.5 Å². The molecule has 2 aliphatic heterocycles. The summed E-state index contributed by atoms with van der Waals surface area (Å²) in [5, 5.41) is 0.661. The zero-order valence-electron chi connectivity index (χ0n) is 20.8. The fourth-order valence-electron chi connectivity index (χ4n) is 4.90. The summed E-state index contributed by atoms with van der Waals surface area (Å²) in [7, 11) is 0. The molecule has 4 rings (SSSR count). The van der Waals surface area contributed by atoms with Crippen LogP contribution in [0.2, 0.25) is 0 Å². The first kappa shape index (κ1) is 25.2. The number of para-hydroxylation sites is 1. The highest BCUT2D eigenvalue weighted by molar-refractivity contribution is 7.99.